The fourth-order valence-corrected chi connectivity index (χ4v) is 8.63. The number of carbonyl (C=O) groups is 2. The lowest BCUT2D eigenvalue weighted by atomic mass is 9.97. The number of aromatic nitrogens is 4. The summed E-state index contributed by atoms with van der Waals surface area (Å²) in [5.74, 6) is 0.0325. The topological polar surface area (TPSA) is 242 Å². The van der Waals surface area contributed by atoms with Crippen LogP contribution in [0.1, 0.15) is 39.5 Å². The fourth-order valence-electron chi connectivity index (χ4n) is 5.02. The van der Waals surface area contributed by atoms with Crippen molar-refractivity contribution in [3.8, 4) is 0 Å². The zero-order valence-electron chi connectivity index (χ0n) is 29.7. The number of carbonyl (C=O) groups excluding carboxylic acids is 2. The number of ether oxygens (including phenoxy) is 2. The summed E-state index contributed by atoms with van der Waals surface area (Å²) >= 11 is 1.84. The lowest BCUT2D eigenvalue weighted by Crippen LogP contribution is -2.40. The second-order valence-corrected chi connectivity index (χ2v) is 17.5. The predicted octanol–water partition coefficient (Wildman–Crippen LogP) is 2.18. The molecule has 0 bridgehead atoms. The van der Waals surface area contributed by atoms with E-state index in [9.17, 15) is 34.3 Å². The standard InChI is InChI=1S/C32H47N6O11PS2/c1-31(2,17-39)28(43)51-13-11-47-50(45,48-12-14-52-29(44)32(3,4)18-40)37(15-20-9-7-6-8-10-20)16-21-23(41)24(46-5)27(49-21)38-19-34-22-25(38)35-30(33)36-26(22)42/h6-10,19,21,23-24,27,39-41H,11-18H2,1-5H3,(H3,33,35,36,42)/t21-,23?,24?,27-/m1/s1. The van der Waals surface area contributed by atoms with Crippen LogP contribution in [-0.2, 0) is 39.2 Å². The summed E-state index contributed by atoms with van der Waals surface area (Å²) in [5.41, 5.74) is 4.08. The van der Waals surface area contributed by atoms with Gasteiger partial charge in [-0.3, -0.25) is 33.0 Å². The maximum absolute atomic E-state index is 14.9. The smallest absolute Gasteiger partial charge is 0.395 e. The maximum Gasteiger partial charge on any atom is 0.408 e. The third-order valence-corrected chi connectivity index (χ3v) is 12.7. The highest BCUT2D eigenvalue weighted by Gasteiger charge is 2.48. The van der Waals surface area contributed by atoms with Crippen LogP contribution < -0.4 is 11.3 Å². The number of benzene rings is 1. The van der Waals surface area contributed by atoms with Crippen LogP contribution in [0.2, 0.25) is 0 Å². The van der Waals surface area contributed by atoms with E-state index in [0.717, 1.165) is 29.1 Å². The minimum atomic E-state index is -4.29. The number of nitrogens with zero attached hydrogens (tertiary/aromatic N) is 4. The number of methoxy groups -OCH3 is 1. The lowest BCUT2D eigenvalue weighted by Gasteiger charge is -2.32. The number of H-pyrrole nitrogens is 1. The normalized spacial score (nSPS) is 19.9. The molecule has 1 fully saturated rings. The van der Waals surface area contributed by atoms with E-state index < -0.39 is 48.7 Å². The Bertz CT molecular complexity index is 1740. The van der Waals surface area contributed by atoms with Gasteiger partial charge in [0.25, 0.3) is 5.56 Å². The number of aliphatic hydroxyl groups is 3. The molecule has 1 aliphatic rings. The number of aromatic amines is 1. The van der Waals surface area contributed by atoms with Gasteiger partial charge in [0.15, 0.2) is 27.6 Å². The van der Waals surface area contributed by atoms with E-state index in [1.165, 1.54) is 22.7 Å². The first-order chi connectivity index (χ1) is 24.6. The second kappa shape index (κ2) is 18.1. The first-order valence-electron chi connectivity index (χ1n) is 16.4. The van der Waals surface area contributed by atoms with Crippen LogP contribution >= 0.6 is 31.3 Å². The van der Waals surface area contributed by atoms with E-state index in [2.05, 4.69) is 15.0 Å². The fraction of sp³-hybridized carbons (Fsp3) is 0.594. The van der Waals surface area contributed by atoms with Gasteiger partial charge in [-0.15, -0.1) is 0 Å². The van der Waals surface area contributed by atoms with Gasteiger partial charge >= 0.3 is 7.75 Å². The number of nitrogen functional groups attached to an aromatic ring is 1. The summed E-state index contributed by atoms with van der Waals surface area (Å²) < 4.78 is 41.6. The highest BCUT2D eigenvalue weighted by atomic mass is 32.2. The molecular weight excluding hydrogens is 739 g/mol. The number of anilines is 1. The Kier molecular flexibility index (Phi) is 14.6. The lowest BCUT2D eigenvalue weighted by molar-refractivity contribution is -0.120. The van der Waals surface area contributed by atoms with E-state index in [4.69, 9.17) is 24.3 Å². The van der Waals surface area contributed by atoms with Gasteiger partial charge in [0.2, 0.25) is 5.95 Å². The molecule has 0 radical (unpaired) electrons. The van der Waals surface area contributed by atoms with Crippen LogP contribution in [0.5, 0.6) is 0 Å². The molecule has 3 aromatic rings. The quantitative estimate of drug-likeness (QED) is 0.0864. The molecular formula is C32H47N6O11PS2. The van der Waals surface area contributed by atoms with Gasteiger partial charge in [-0.05, 0) is 33.3 Å². The zero-order chi connectivity index (χ0) is 38.3. The van der Waals surface area contributed by atoms with E-state index in [1.807, 2.05) is 18.2 Å². The van der Waals surface area contributed by atoms with Gasteiger partial charge in [-0.25, -0.2) is 14.2 Å². The molecule has 3 heterocycles. The van der Waals surface area contributed by atoms with Crippen LogP contribution in [0, 0.1) is 10.8 Å². The number of aliphatic hydroxyl groups excluding tert-OH is 3. The minimum Gasteiger partial charge on any atom is -0.395 e. The Labute approximate surface area is 309 Å². The van der Waals surface area contributed by atoms with Gasteiger partial charge in [0.05, 0.1) is 43.6 Å². The molecule has 0 saturated carbocycles. The Hall–Kier alpha value is -2.68. The predicted molar refractivity (Wildman–Crippen MR) is 196 cm³/mol. The molecule has 2 unspecified atom stereocenters. The largest absolute Gasteiger partial charge is 0.408 e. The first-order valence-corrected chi connectivity index (χ1v) is 19.9. The van der Waals surface area contributed by atoms with Crippen LogP contribution in [-0.4, -0.2) is 120 Å². The molecule has 0 spiro atoms. The van der Waals surface area contributed by atoms with Crippen molar-refractivity contribution in [2.75, 3.05) is 57.3 Å². The summed E-state index contributed by atoms with van der Waals surface area (Å²) in [4.78, 5) is 48.5. The monoisotopic (exact) mass is 786 g/mol. The summed E-state index contributed by atoms with van der Waals surface area (Å²) in [7, 11) is -2.91. The van der Waals surface area contributed by atoms with Gasteiger partial charge in [0, 0.05) is 31.7 Å². The number of imidazole rings is 1. The zero-order valence-corrected chi connectivity index (χ0v) is 32.2. The molecule has 0 amide bonds. The van der Waals surface area contributed by atoms with E-state index >= 15 is 0 Å². The van der Waals surface area contributed by atoms with Crippen LogP contribution in [0.25, 0.3) is 11.2 Å². The first kappa shape index (κ1) is 42.1. The summed E-state index contributed by atoms with van der Waals surface area (Å²) in [5, 5.41) is 30.1. The number of hydrogen-bond donors (Lipinski definition) is 5. The van der Waals surface area contributed by atoms with Crippen LogP contribution in [0.15, 0.2) is 41.5 Å². The van der Waals surface area contributed by atoms with E-state index in [-0.39, 0.29) is 78.4 Å². The van der Waals surface area contributed by atoms with Crippen molar-refractivity contribution >= 4 is 58.6 Å². The molecule has 4 rings (SSSR count). The Morgan fingerprint density at radius 1 is 1.06 bits per heavy atom. The third kappa shape index (κ3) is 10.1. The van der Waals surface area contributed by atoms with Crippen molar-refractivity contribution in [1.82, 2.24) is 24.2 Å². The Balaban J connectivity index is 1.62. The van der Waals surface area contributed by atoms with Gasteiger partial charge in [-0.1, -0.05) is 53.9 Å². The number of rotatable bonds is 19. The van der Waals surface area contributed by atoms with Crippen molar-refractivity contribution in [2.45, 2.75) is 58.8 Å². The number of nitrogens with one attached hydrogen (secondary N) is 1. The molecule has 1 saturated heterocycles. The van der Waals surface area contributed by atoms with Gasteiger partial charge in [0.1, 0.15) is 18.3 Å². The molecule has 1 aromatic carbocycles. The molecule has 0 aliphatic carbocycles. The molecule has 17 nitrogen and oxygen atoms in total. The van der Waals surface area contributed by atoms with Gasteiger partial charge in [-0.2, -0.15) is 4.98 Å². The molecule has 2 aromatic heterocycles. The third-order valence-electron chi connectivity index (χ3n) is 8.29. The Morgan fingerprint density at radius 3 is 2.17 bits per heavy atom. The average molecular weight is 787 g/mol. The summed E-state index contributed by atoms with van der Waals surface area (Å²) in [6.07, 6.45) is -3.04. The van der Waals surface area contributed by atoms with E-state index in [1.54, 1.807) is 39.8 Å². The van der Waals surface area contributed by atoms with Gasteiger partial charge < -0.3 is 30.5 Å². The maximum atomic E-state index is 14.9. The van der Waals surface area contributed by atoms with Crippen LogP contribution in [0.3, 0.4) is 0 Å². The van der Waals surface area contributed by atoms with Crippen molar-refractivity contribution in [3.63, 3.8) is 0 Å². The summed E-state index contributed by atoms with van der Waals surface area (Å²) in [6.45, 7) is 5.17. The van der Waals surface area contributed by atoms with Crippen LogP contribution in [0.4, 0.5) is 5.95 Å². The molecule has 52 heavy (non-hydrogen) atoms. The molecule has 6 N–H and O–H groups in total. The molecule has 288 valence electrons. The number of fused-ring (bicyclic) bond motifs is 1. The minimum absolute atomic E-state index is 0.0000492. The van der Waals surface area contributed by atoms with Crippen molar-refractivity contribution in [2.24, 2.45) is 10.8 Å². The Morgan fingerprint density at radius 2 is 1.63 bits per heavy atom. The SMILES string of the molecule is COC1C(O)[C@@H](CN(Cc2ccccc2)P(=O)(OCCSC(=O)C(C)(C)CO)OCCSC(=O)C(C)(C)CO)O[C@H]1n1cnc2c(=O)[nH]c(N)nc21. The van der Waals surface area contributed by atoms with Crippen molar-refractivity contribution in [3.05, 3.63) is 52.6 Å². The van der Waals surface area contributed by atoms with Crippen molar-refractivity contribution < 1.29 is 48.0 Å². The average Bonchev–Trinajstić information content (AvgIpc) is 3.68. The number of nitrogens with two attached hydrogens (primary N) is 1. The molecule has 4 atom stereocenters. The highest BCUT2D eigenvalue weighted by Crippen LogP contribution is 2.54. The summed E-state index contributed by atoms with van der Waals surface area (Å²) in [6, 6.07) is 9.06. The number of hydrogen-bond acceptors (Lipinski definition) is 16. The number of thioether (sulfide) groups is 2. The molecule has 20 heteroatoms. The highest BCUT2D eigenvalue weighted by molar-refractivity contribution is 8.14. The molecule has 1 aliphatic heterocycles. The second-order valence-electron chi connectivity index (χ2n) is 13.4. The van der Waals surface area contributed by atoms with E-state index in [0.29, 0.717) is 0 Å². The van der Waals surface area contributed by atoms with Crippen molar-refractivity contribution in [1.29, 1.82) is 0 Å².